The number of carbonyl (C=O) groups excluding carboxylic acids is 4. The van der Waals surface area contributed by atoms with Crippen LogP contribution in [0.1, 0.15) is 49.4 Å². The van der Waals surface area contributed by atoms with E-state index < -0.39 is 23.7 Å². The Hall–Kier alpha value is -3.50. The highest BCUT2D eigenvalue weighted by molar-refractivity contribution is 6.24. The molecule has 36 heavy (non-hydrogen) atoms. The Morgan fingerprint density at radius 1 is 1.11 bits per heavy atom. The van der Waals surface area contributed by atoms with Crippen LogP contribution < -0.4 is 10.8 Å². The highest BCUT2D eigenvalue weighted by atomic mass is 35.5. The number of aromatic nitrogens is 1. The summed E-state index contributed by atoms with van der Waals surface area (Å²) in [5.74, 6) is -1.99. The van der Waals surface area contributed by atoms with Gasteiger partial charge < -0.3 is 19.5 Å². The Labute approximate surface area is 215 Å². The Morgan fingerprint density at radius 2 is 1.83 bits per heavy atom. The molecule has 0 saturated carbocycles. The van der Waals surface area contributed by atoms with Gasteiger partial charge in [0.05, 0.1) is 24.4 Å². The van der Waals surface area contributed by atoms with Gasteiger partial charge in [-0.1, -0.05) is 30.3 Å². The first-order valence-electron chi connectivity index (χ1n) is 11.5. The molecule has 0 fully saturated rings. The van der Waals surface area contributed by atoms with Crippen molar-refractivity contribution in [2.24, 2.45) is 12.0 Å². The number of hydrogen-bond donors (Lipinski definition) is 2. The van der Waals surface area contributed by atoms with Crippen LogP contribution in [0.5, 0.6) is 0 Å². The summed E-state index contributed by atoms with van der Waals surface area (Å²) in [6, 6.07) is 8.06. The zero-order chi connectivity index (χ0) is 25.4. The molecule has 10 nitrogen and oxygen atoms in total. The van der Waals surface area contributed by atoms with Crippen LogP contribution in [0.25, 0.3) is 0 Å². The molecule has 3 rings (SSSR count). The molecule has 0 spiro atoms. The number of hydrogen-bond acceptors (Lipinski definition) is 8. The molecule has 1 unspecified atom stereocenters. The van der Waals surface area contributed by atoms with Crippen molar-refractivity contribution in [2.75, 3.05) is 18.5 Å². The predicted octanol–water partition coefficient (Wildman–Crippen LogP) is 2.65. The average molecular weight is 519 g/mol. The number of aryl methyl sites for hydroxylation is 1. The van der Waals surface area contributed by atoms with Crippen molar-refractivity contribution < 1.29 is 28.8 Å². The number of aliphatic imine (C=N–C) groups is 1. The lowest BCUT2D eigenvalue weighted by molar-refractivity contribution is -0.152. The summed E-state index contributed by atoms with van der Waals surface area (Å²) in [7, 11) is 1.87. The van der Waals surface area contributed by atoms with Crippen molar-refractivity contribution in [1.29, 1.82) is 0 Å². The maximum Gasteiger partial charge on any atom is 0.325 e. The molecule has 1 aliphatic rings. The standard InChI is InChI=1S/C25H30N4O6.ClH/c1-4-34-20(31)11-8-14-26-35-21(32)13-12-19(30)24-25(33)27-18-15-29(3)16(2)22(18)23(28-24)17-9-6-5-7-10-17;/h5-7,9-10,15,24,26H,4,8,11-14H2,1-3H3,(H,27,33);1H. The summed E-state index contributed by atoms with van der Waals surface area (Å²) in [5.41, 5.74) is 6.04. The second-order valence-corrected chi connectivity index (χ2v) is 8.09. The van der Waals surface area contributed by atoms with Gasteiger partial charge in [0.15, 0.2) is 11.8 Å². The summed E-state index contributed by atoms with van der Waals surface area (Å²) in [6.07, 6.45) is 2.02. The number of Topliss-reactive ketones (excluding diaryl/α,β-unsaturated/α-hetero) is 1. The van der Waals surface area contributed by atoms with Crippen LogP contribution in [-0.4, -0.2) is 53.1 Å². The molecule has 2 heterocycles. The van der Waals surface area contributed by atoms with Crippen molar-refractivity contribution in [2.45, 2.75) is 45.6 Å². The van der Waals surface area contributed by atoms with E-state index in [4.69, 9.17) is 9.57 Å². The minimum Gasteiger partial charge on any atom is -0.466 e. The van der Waals surface area contributed by atoms with E-state index in [0.29, 0.717) is 24.4 Å². The first-order valence-corrected chi connectivity index (χ1v) is 11.5. The van der Waals surface area contributed by atoms with E-state index in [1.54, 1.807) is 13.1 Å². The van der Waals surface area contributed by atoms with Crippen LogP contribution in [0, 0.1) is 6.92 Å². The van der Waals surface area contributed by atoms with Gasteiger partial charge in [0.2, 0.25) is 0 Å². The van der Waals surface area contributed by atoms with Crippen molar-refractivity contribution in [3.8, 4) is 0 Å². The molecule has 2 N–H and O–H groups in total. The number of carbonyl (C=O) groups is 4. The van der Waals surface area contributed by atoms with E-state index in [0.717, 1.165) is 16.8 Å². The number of hydroxylamine groups is 1. The van der Waals surface area contributed by atoms with E-state index in [1.165, 1.54) is 0 Å². The fourth-order valence-electron chi connectivity index (χ4n) is 3.69. The number of anilines is 1. The van der Waals surface area contributed by atoms with E-state index in [2.05, 4.69) is 15.8 Å². The van der Waals surface area contributed by atoms with E-state index in [9.17, 15) is 19.2 Å². The molecular formula is C25H31ClN4O6. The maximum atomic E-state index is 12.9. The fraction of sp³-hybridized carbons (Fsp3) is 0.400. The SMILES string of the molecule is CCOC(=O)CCCNOC(=O)CCC(=O)C1N=C(c2ccccc2)c2c(cn(C)c2C)NC1=O.Cl. The summed E-state index contributed by atoms with van der Waals surface area (Å²) < 4.78 is 6.71. The zero-order valence-electron chi connectivity index (χ0n) is 20.5. The van der Waals surface area contributed by atoms with E-state index in [-0.39, 0.29) is 44.2 Å². The first kappa shape index (κ1) is 28.7. The number of rotatable bonds is 11. The van der Waals surface area contributed by atoms with Gasteiger partial charge in [0, 0.05) is 49.5 Å². The average Bonchev–Trinajstić information content (AvgIpc) is 3.02. The van der Waals surface area contributed by atoms with Crippen molar-refractivity contribution in [1.82, 2.24) is 10.0 Å². The van der Waals surface area contributed by atoms with Gasteiger partial charge in [-0.05, 0) is 20.3 Å². The number of fused-ring (bicyclic) bond motifs is 1. The molecule has 194 valence electrons. The summed E-state index contributed by atoms with van der Waals surface area (Å²) in [5, 5.41) is 2.81. The third-order valence-electron chi connectivity index (χ3n) is 5.56. The largest absolute Gasteiger partial charge is 0.466 e. The van der Waals surface area contributed by atoms with Crippen LogP contribution in [0.4, 0.5) is 5.69 Å². The second kappa shape index (κ2) is 13.6. The molecule has 0 bridgehead atoms. The van der Waals surface area contributed by atoms with Gasteiger partial charge in [-0.15, -0.1) is 12.4 Å². The number of benzene rings is 1. The van der Waals surface area contributed by atoms with Crippen molar-refractivity contribution >= 4 is 47.4 Å². The molecule has 1 aromatic heterocycles. The molecule has 1 amide bonds. The maximum absolute atomic E-state index is 12.9. The van der Waals surface area contributed by atoms with Gasteiger partial charge in [-0.25, -0.2) is 0 Å². The Balaban J connectivity index is 0.00000456. The zero-order valence-corrected chi connectivity index (χ0v) is 21.4. The lowest BCUT2D eigenvalue weighted by atomic mass is 10.0. The number of amides is 1. The highest BCUT2D eigenvalue weighted by Crippen LogP contribution is 2.29. The normalized spacial score (nSPS) is 14.5. The second-order valence-electron chi connectivity index (χ2n) is 8.09. The molecule has 1 atom stereocenters. The molecule has 2 aromatic rings. The lowest BCUT2D eigenvalue weighted by Gasteiger charge is -2.11. The number of nitrogens with zero attached hydrogens (tertiary/aromatic N) is 2. The van der Waals surface area contributed by atoms with E-state index >= 15 is 0 Å². The number of halogens is 1. The predicted molar refractivity (Wildman–Crippen MR) is 136 cm³/mol. The van der Waals surface area contributed by atoms with Crippen LogP contribution in [0.2, 0.25) is 0 Å². The van der Waals surface area contributed by atoms with Crippen LogP contribution >= 0.6 is 12.4 Å². The minimum absolute atomic E-state index is 0. The van der Waals surface area contributed by atoms with Gasteiger partial charge in [-0.3, -0.25) is 24.2 Å². The third-order valence-corrected chi connectivity index (χ3v) is 5.56. The number of esters is 1. The van der Waals surface area contributed by atoms with Gasteiger partial charge >= 0.3 is 11.9 Å². The van der Waals surface area contributed by atoms with Crippen molar-refractivity contribution in [3.63, 3.8) is 0 Å². The smallest absolute Gasteiger partial charge is 0.325 e. The van der Waals surface area contributed by atoms with Crippen molar-refractivity contribution in [3.05, 3.63) is 53.3 Å². The van der Waals surface area contributed by atoms with Gasteiger partial charge in [-0.2, -0.15) is 5.48 Å². The molecule has 0 aliphatic carbocycles. The summed E-state index contributed by atoms with van der Waals surface area (Å²) >= 11 is 0. The summed E-state index contributed by atoms with van der Waals surface area (Å²) in [6.45, 7) is 4.23. The number of ketones is 1. The van der Waals surface area contributed by atoms with Crippen LogP contribution in [0.3, 0.4) is 0 Å². The molecular weight excluding hydrogens is 488 g/mol. The monoisotopic (exact) mass is 518 g/mol. The Morgan fingerprint density at radius 3 is 2.53 bits per heavy atom. The van der Waals surface area contributed by atoms with Gasteiger partial charge in [0.1, 0.15) is 0 Å². The summed E-state index contributed by atoms with van der Waals surface area (Å²) in [4.78, 5) is 58.6. The highest BCUT2D eigenvalue weighted by Gasteiger charge is 2.33. The molecule has 0 radical (unpaired) electrons. The minimum atomic E-state index is -1.28. The lowest BCUT2D eigenvalue weighted by Crippen LogP contribution is -2.33. The topological polar surface area (TPSA) is 128 Å². The van der Waals surface area contributed by atoms with Crippen LogP contribution in [-0.2, 0) is 35.8 Å². The fourth-order valence-corrected chi connectivity index (χ4v) is 3.69. The first-order chi connectivity index (χ1) is 16.8. The van der Waals surface area contributed by atoms with E-state index in [1.807, 2.05) is 48.9 Å². The third kappa shape index (κ3) is 7.25. The van der Waals surface area contributed by atoms with Crippen LogP contribution in [0.15, 0.2) is 41.5 Å². The quantitative estimate of drug-likeness (QED) is 0.202. The molecule has 1 aliphatic heterocycles. The van der Waals surface area contributed by atoms with Gasteiger partial charge in [0.25, 0.3) is 5.91 Å². The number of ether oxygens (including phenoxy) is 1. The Bertz CT molecular complexity index is 1130. The number of nitrogens with one attached hydrogen (secondary N) is 2. The molecule has 0 saturated heterocycles. The Kier molecular flexibility index (Phi) is 10.8. The molecule has 1 aromatic carbocycles. The molecule has 11 heteroatoms.